The van der Waals surface area contributed by atoms with Gasteiger partial charge in [-0.25, -0.2) is 8.78 Å². The van der Waals surface area contributed by atoms with Crippen LogP contribution >= 0.6 is 11.6 Å². The zero-order chi connectivity index (χ0) is 14.5. The maximum Gasteiger partial charge on any atom is 0.263 e. The monoisotopic (exact) mass is 292 g/mol. The van der Waals surface area contributed by atoms with Gasteiger partial charge in [0.25, 0.3) is 6.43 Å². The van der Waals surface area contributed by atoms with Crippen molar-refractivity contribution in [1.82, 2.24) is 0 Å². The first-order chi connectivity index (χ1) is 9.60. The highest BCUT2D eigenvalue weighted by atomic mass is 35.5. The Labute approximate surface area is 120 Å². The Morgan fingerprint density at radius 2 is 2.00 bits per heavy atom. The maximum absolute atomic E-state index is 12.6. The van der Waals surface area contributed by atoms with Gasteiger partial charge in [0.05, 0.1) is 10.6 Å². The number of benzene rings is 2. The van der Waals surface area contributed by atoms with Crippen LogP contribution < -0.4 is 5.32 Å². The molecule has 0 bridgehead atoms. The molecule has 0 saturated carbocycles. The second-order valence-corrected chi connectivity index (χ2v) is 4.61. The molecule has 20 heavy (non-hydrogen) atoms. The van der Waals surface area contributed by atoms with E-state index >= 15 is 0 Å². The summed E-state index contributed by atoms with van der Waals surface area (Å²) in [5, 5.41) is 12.3. The van der Waals surface area contributed by atoms with Gasteiger partial charge in [-0.15, -0.1) is 0 Å². The van der Waals surface area contributed by atoms with Gasteiger partial charge in [0, 0.05) is 17.8 Å². The number of nitrogens with one attached hydrogen (secondary N) is 1. The van der Waals surface area contributed by atoms with E-state index in [1.54, 1.807) is 30.3 Å². The molecule has 2 aromatic rings. The molecule has 0 radical (unpaired) electrons. The summed E-state index contributed by atoms with van der Waals surface area (Å²) in [4.78, 5) is 0. The fourth-order valence-electron chi connectivity index (χ4n) is 1.76. The summed E-state index contributed by atoms with van der Waals surface area (Å²) in [5.74, 6) is 0. The average molecular weight is 293 g/mol. The van der Waals surface area contributed by atoms with Crippen molar-refractivity contribution in [2.45, 2.75) is 13.0 Å². The summed E-state index contributed by atoms with van der Waals surface area (Å²) in [5.41, 5.74) is 1.83. The molecule has 2 aromatic carbocycles. The molecule has 0 aliphatic heterocycles. The molecular weight excluding hydrogens is 282 g/mol. The second kappa shape index (κ2) is 6.36. The highest BCUT2D eigenvalue weighted by molar-refractivity contribution is 6.31. The molecule has 0 saturated heterocycles. The van der Waals surface area contributed by atoms with Crippen molar-refractivity contribution in [2.24, 2.45) is 0 Å². The van der Waals surface area contributed by atoms with Crippen molar-refractivity contribution in [3.05, 3.63) is 64.2 Å². The summed E-state index contributed by atoms with van der Waals surface area (Å²) in [6.45, 7) is 0.396. The van der Waals surface area contributed by atoms with Crippen LogP contribution in [0.2, 0.25) is 5.02 Å². The van der Waals surface area contributed by atoms with E-state index in [0.29, 0.717) is 22.8 Å². The lowest BCUT2D eigenvalue weighted by atomic mass is 10.1. The van der Waals surface area contributed by atoms with Crippen LogP contribution in [0.4, 0.5) is 14.5 Å². The maximum atomic E-state index is 12.6. The van der Waals surface area contributed by atoms with Crippen LogP contribution in [0.25, 0.3) is 0 Å². The molecule has 0 unspecified atom stereocenters. The van der Waals surface area contributed by atoms with Crippen molar-refractivity contribution in [3.8, 4) is 6.07 Å². The molecule has 0 heterocycles. The number of halogens is 3. The fraction of sp³-hybridized carbons (Fsp3) is 0.133. The van der Waals surface area contributed by atoms with E-state index in [1.165, 1.54) is 12.1 Å². The van der Waals surface area contributed by atoms with Crippen molar-refractivity contribution in [1.29, 1.82) is 5.26 Å². The smallest absolute Gasteiger partial charge is 0.263 e. The summed E-state index contributed by atoms with van der Waals surface area (Å²) < 4.78 is 25.2. The molecule has 5 heteroatoms. The minimum Gasteiger partial charge on any atom is -0.381 e. The fourth-order valence-corrected chi connectivity index (χ4v) is 1.92. The molecule has 0 aliphatic carbocycles. The van der Waals surface area contributed by atoms with Crippen molar-refractivity contribution < 1.29 is 8.78 Å². The molecule has 0 amide bonds. The quantitative estimate of drug-likeness (QED) is 0.882. The van der Waals surface area contributed by atoms with Gasteiger partial charge in [-0.3, -0.25) is 0 Å². The van der Waals surface area contributed by atoms with Gasteiger partial charge < -0.3 is 5.32 Å². The zero-order valence-corrected chi connectivity index (χ0v) is 11.2. The highest BCUT2D eigenvalue weighted by Crippen LogP contribution is 2.22. The van der Waals surface area contributed by atoms with Crippen LogP contribution in [0, 0.1) is 11.3 Å². The zero-order valence-electron chi connectivity index (χ0n) is 10.4. The first-order valence-corrected chi connectivity index (χ1v) is 6.28. The molecule has 0 fully saturated rings. The molecule has 102 valence electrons. The predicted octanol–water partition coefficient (Wildman–Crippen LogP) is 4.76. The standard InChI is InChI=1S/C15H11ClF2N2/c16-14-5-4-13(7-12(14)8-19)20-9-10-2-1-3-11(6-10)15(17)18/h1-7,15,20H,9H2. The average Bonchev–Trinajstić information content (AvgIpc) is 2.46. The van der Waals surface area contributed by atoms with Crippen molar-refractivity contribution >= 4 is 17.3 Å². The highest BCUT2D eigenvalue weighted by Gasteiger charge is 2.07. The minimum absolute atomic E-state index is 0.00174. The summed E-state index contributed by atoms with van der Waals surface area (Å²) in [7, 11) is 0. The lowest BCUT2D eigenvalue weighted by molar-refractivity contribution is 0.151. The Morgan fingerprint density at radius 1 is 1.20 bits per heavy atom. The summed E-state index contributed by atoms with van der Waals surface area (Å²) >= 11 is 5.84. The minimum atomic E-state index is -2.48. The van der Waals surface area contributed by atoms with E-state index in [4.69, 9.17) is 16.9 Å². The Balaban J connectivity index is 2.09. The van der Waals surface area contributed by atoms with Crippen molar-refractivity contribution in [2.75, 3.05) is 5.32 Å². The van der Waals surface area contributed by atoms with Crippen LogP contribution in [-0.2, 0) is 6.54 Å². The van der Waals surface area contributed by atoms with Gasteiger partial charge in [-0.2, -0.15) is 5.26 Å². The van der Waals surface area contributed by atoms with Gasteiger partial charge in [0.2, 0.25) is 0 Å². The van der Waals surface area contributed by atoms with E-state index < -0.39 is 6.43 Å². The largest absolute Gasteiger partial charge is 0.381 e. The van der Waals surface area contributed by atoms with Crippen LogP contribution in [0.1, 0.15) is 23.1 Å². The first-order valence-electron chi connectivity index (χ1n) is 5.90. The summed E-state index contributed by atoms with van der Waals surface area (Å²) in [6.07, 6.45) is -2.48. The van der Waals surface area contributed by atoms with E-state index in [2.05, 4.69) is 5.32 Å². The number of anilines is 1. The normalized spacial score (nSPS) is 10.3. The third kappa shape index (κ3) is 3.46. The Kier molecular flexibility index (Phi) is 4.54. The molecule has 0 aromatic heterocycles. The molecule has 1 N–H and O–H groups in total. The van der Waals surface area contributed by atoms with E-state index in [0.717, 1.165) is 5.56 Å². The van der Waals surface area contributed by atoms with Gasteiger partial charge >= 0.3 is 0 Å². The third-order valence-electron chi connectivity index (χ3n) is 2.79. The van der Waals surface area contributed by atoms with Crippen LogP contribution in [-0.4, -0.2) is 0 Å². The number of hydrogen-bond donors (Lipinski definition) is 1. The van der Waals surface area contributed by atoms with Gasteiger partial charge in [0.15, 0.2) is 0 Å². The lowest BCUT2D eigenvalue weighted by Crippen LogP contribution is -2.00. The van der Waals surface area contributed by atoms with Crippen LogP contribution in [0.15, 0.2) is 42.5 Å². The third-order valence-corrected chi connectivity index (χ3v) is 3.12. The van der Waals surface area contributed by atoms with Gasteiger partial charge in [-0.05, 0) is 29.8 Å². The lowest BCUT2D eigenvalue weighted by Gasteiger charge is -2.09. The molecule has 2 nitrogen and oxygen atoms in total. The number of rotatable bonds is 4. The molecule has 0 aliphatic rings. The predicted molar refractivity (Wildman–Crippen MR) is 74.9 cm³/mol. The first kappa shape index (κ1) is 14.3. The van der Waals surface area contributed by atoms with E-state index in [-0.39, 0.29) is 5.56 Å². The Bertz CT molecular complexity index is 651. The summed E-state index contributed by atoms with van der Waals surface area (Å²) in [6, 6.07) is 13.2. The molecule has 0 atom stereocenters. The van der Waals surface area contributed by atoms with Gasteiger partial charge in [-0.1, -0.05) is 29.8 Å². The number of hydrogen-bond acceptors (Lipinski definition) is 2. The topological polar surface area (TPSA) is 35.8 Å². The van der Waals surface area contributed by atoms with E-state index in [1.807, 2.05) is 6.07 Å². The molecule has 0 spiro atoms. The van der Waals surface area contributed by atoms with Gasteiger partial charge in [0.1, 0.15) is 6.07 Å². The van der Waals surface area contributed by atoms with Crippen molar-refractivity contribution in [3.63, 3.8) is 0 Å². The molecular formula is C15H11ClF2N2. The van der Waals surface area contributed by atoms with E-state index in [9.17, 15) is 8.78 Å². The Hall–Kier alpha value is -2.12. The SMILES string of the molecule is N#Cc1cc(NCc2cccc(C(F)F)c2)ccc1Cl. The Morgan fingerprint density at radius 3 is 2.70 bits per heavy atom. The molecule has 2 rings (SSSR count). The number of nitriles is 1. The van der Waals surface area contributed by atoms with Crippen LogP contribution in [0.5, 0.6) is 0 Å². The number of alkyl halides is 2. The second-order valence-electron chi connectivity index (χ2n) is 4.21. The van der Waals surface area contributed by atoms with Crippen LogP contribution in [0.3, 0.4) is 0 Å². The number of nitrogens with zero attached hydrogens (tertiary/aromatic N) is 1.